The van der Waals surface area contributed by atoms with Crippen LogP contribution in [0.25, 0.3) is 0 Å². The van der Waals surface area contributed by atoms with Gasteiger partial charge in [0.25, 0.3) is 10.0 Å². The molecule has 1 saturated heterocycles. The number of amides is 1. The molecule has 1 N–H and O–H groups in total. The molecule has 2 aromatic carbocycles. The van der Waals surface area contributed by atoms with E-state index in [9.17, 15) is 13.2 Å². The van der Waals surface area contributed by atoms with Crippen LogP contribution in [0.1, 0.15) is 18.4 Å². The van der Waals surface area contributed by atoms with Gasteiger partial charge >= 0.3 is 0 Å². The predicted octanol–water partition coefficient (Wildman–Crippen LogP) is 2.94. The summed E-state index contributed by atoms with van der Waals surface area (Å²) in [7, 11) is -0.912. The maximum Gasteiger partial charge on any atom is 0.262 e. The number of benzene rings is 2. The summed E-state index contributed by atoms with van der Waals surface area (Å²) >= 11 is 0. The largest absolute Gasteiger partial charge is 0.495 e. The minimum Gasteiger partial charge on any atom is -0.495 e. The number of carbonyl (C=O) groups excluding carboxylic acids is 1. The predicted molar refractivity (Wildman–Crippen MR) is 103 cm³/mol. The van der Waals surface area contributed by atoms with Crippen molar-refractivity contribution in [2.45, 2.75) is 24.7 Å². The van der Waals surface area contributed by atoms with E-state index >= 15 is 0 Å². The van der Waals surface area contributed by atoms with Gasteiger partial charge in [0.05, 0.1) is 30.5 Å². The molecule has 8 heteroatoms. The van der Waals surface area contributed by atoms with E-state index in [0.717, 1.165) is 12.0 Å². The van der Waals surface area contributed by atoms with E-state index in [0.29, 0.717) is 35.8 Å². The third-order valence-corrected chi connectivity index (χ3v) is 5.79. The number of ether oxygens (including phenoxy) is 2. The Labute approximate surface area is 158 Å². The normalized spacial score (nSPS) is 14.3. The average Bonchev–Trinajstić information content (AvgIpc) is 3.07. The van der Waals surface area contributed by atoms with E-state index < -0.39 is 10.0 Å². The van der Waals surface area contributed by atoms with Crippen molar-refractivity contribution in [1.29, 1.82) is 0 Å². The number of nitrogens with one attached hydrogen (secondary N) is 1. The molecule has 0 unspecified atom stereocenters. The number of hydrogen-bond donors (Lipinski definition) is 1. The summed E-state index contributed by atoms with van der Waals surface area (Å²) in [4.78, 5) is 13.7. The van der Waals surface area contributed by atoms with E-state index in [2.05, 4.69) is 4.72 Å². The molecule has 0 aliphatic carbocycles. The minimum atomic E-state index is -3.88. The Balaban J connectivity index is 2.00. The molecule has 144 valence electrons. The van der Waals surface area contributed by atoms with Gasteiger partial charge in [-0.15, -0.1) is 0 Å². The molecule has 1 aliphatic heterocycles. The van der Waals surface area contributed by atoms with Crippen molar-refractivity contribution in [3.63, 3.8) is 0 Å². The van der Waals surface area contributed by atoms with E-state index in [1.165, 1.54) is 26.4 Å². The molecule has 1 aliphatic rings. The molecular formula is C19H22N2O5S. The fraction of sp³-hybridized carbons (Fsp3) is 0.316. The lowest BCUT2D eigenvalue weighted by Crippen LogP contribution is -2.25. The smallest absolute Gasteiger partial charge is 0.262 e. The quantitative estimate of drug-likeness (QED) is 0.820. The van der Waals surface area contributed by atoms with Gasteiger partial charge in [-0.1, -0.05) is 6.07 Å². The third kappa shape index (κ3) is 3.85. The van der Waals surface area contributed by atoms with Gasteiger partial charge < -0.3 is 14.4 Å². The number of hydrogen-bond acceptors (Lipinski definition) is 5. The van der Waals surface area contributed by atoms with Crippen LogP contribution >= 0.6 is 0 Å². The average molecular weight is 390 g/mol. The fourth-order valence-electron chi connectivity index (χ4n) is 3.06. The summed E-state index contributed by atoms with van der Waals surface area (Å²) in [5, 5.41) is 0. The Morgan fingerprint density at radius 2 is 1.74 bits per heavy atom. The second-order valence-electron chi connectivity index (χ2n) is 6.29. The third-order valence-electron chi connectivity index (χ3n) is 4.42. The summed E-state index contributed by atoms with van der Waals surface area (Å²) in [6, 6.07) is 9.71. The van der Waals surface area contributed by atoms with Gasteiger partial charge in [-0.05, 0) is 49.2 Å². The van der Waals surface area contributed by atoms with E-state index in [1.807, 2.05) is 13.0 Å². The molecule has 0 radical (unpaired) electrons. The van der Waals surface area contributed by atoms with Crippen LogP contribution in [-0.2, 0) is 14.8 Å². The Bertz CT molecular complexity index is 972. The number of anilines is 2. The highest BCUT2D eigenvalue weighted by Crippen LogP contribution is 2.35. The molecule has 2 aromatic rings. The minimum absolute atomic E-state index is 0.0431. The Kier molecular flexibility index (Phi) is 5.27. The molecule has 7 nitrogen and oxygen atoms in total. The summed E-state index contributed by atoms with van der Waals surface area (Å²) < 4.78 is 39.0. The number of nitrogens with zero attached hydrogens (tertiary/aromatic N) is 1. The van der Waals surface area contributed by atoms with Crippen LogP contribution in [0.3, 0.4) is 0 Å². The van der Waals surface area contributed by atoms with Crippen molar-refractivity contribution < 1.29 is 22.7 Å². The highest BCUT2D eigenvalue weighted by molar-refractivity contribution is 7.92. The number of methoxy groups -OCH3 is 2. The monoisotopic (exact) mass is 390 g/mol. The van der Waals surface area contributed by atoms with Crippen molar-refractivity contribution in [3.8, 4) is 11.5 Å². The Morgan fingerprint density at radius 1 is 1.04 bits per heavy atom. The zero-order valence-electron chi connectivity index (χ0n) is 15.5. The lowest BCUT2D eigenvalue weighted by Gasteiger charge is -2.20. The standard InChI is InChI=1S/C19H22N2O5S/c1-13-6-8-17(25-2)15(11-13)20-27(23,24)14-7-9-18(26-3)16(12-14)21-10-4-5-19(21)22/h6-9,11-12,20H,4-5,10H2,1-3H3. The van der Waals surface area contributed by atoms with Crippen LogP contribution < -0.4 is 19.1 Å². The molecular weight excluding hydrogens is 368 g/mol. The topological polar surface area (TPSA) is 84.9 Å². The maximum absolute atomic E-state index is 12.9. The number of carbonyl (C=O) groups is 1. The first-order valence-corrected chi connectivity index (χ1v) is 10.00. The molecule has 1 amide bonds. The number of sulfonamides is 1. The zero-order valence-corrected chi connectivity index (χ0v) is 16.3. The van der Waals surface area contributed by atoms with Gasteiger partial charge in [0, 0.05) is 13.0 Å². The summed E-state index contributed by atoms with van der Waals surface area (Å²) in [6.45, 7) is 2.40. The van der Waals surface area contributed by atoms with Crippen molar-refractivity contribution in [2.75, 3.05) is 30.4 Å². The first kappa shape index (κ1) is 19.0. The molecule has 0 bridgehead atoms. The van der Waals surface area contributed by atoms with Gasteiger partial charge in [-0.25, -0.2) is 8.42 Å². The summed E-state index contributed by atoms with van der Waals surface area (Å²) in [6.07, 6.45) is 1.18. The van der Waals surface area contributed by atoms with Crippen LogP contribution in [0.2, 0.25) is 0 Å². The van der Waals surface area contributed by atoms with Crippen molar-refractivity contribution in [2.24, 2.45) is 0 Å². The van der Waals surface area contributed by atoms with Crippen molar-refractivity contribution in [1.82, 2.24) is 0 Å². The second-order valence-corrected chi connectivity index (χ2v) is 7.97. The lowest BCUT2D eigenvalue weighted by atomic mass is 10.2. The van der Waals surface area contributed by atoms with Crippen molar-refractivity contribution >= 4 is 27.3 Å². The van der Waals surface area contributed by atoms with E-state index in [-0.39, 0.29) is 10.8 Å². The number of rotatable bonds is 6. The van der Waals surface area contributed by atoms with Crippen LogP contribution in [0.4, 0.5) is 11.4 Å². The van der Waals surface area contributed by atoms with E-state index in [1.54, 1.807) is 23.1 Å². The number of aryl methyl sites for hydroxylation is 1. The first-order valence-electron chi connectivity index (χ1n) is 8.51. The first-order chi connectivity index (χ1) is 12.9. The van der Waals surface area contributed by atoms with Gasteiger partial charge in [-0.2, -0.15) is 0 Å². The maximum atomic E-state index is 12.9. The Hall–Kier alpha value is -2.74. The van der Waals surface area contributed by atoms with Crippen LogP contribution in [-0.4, -0.2) is 35.1 Å². The highest BCUT2D eigenvalue weighted by Gasteiger charge is 2.27. The summed E-state index contributed by atoms with van der Waals surface area (Å²) in [5.74, 6) is 0.834. The van der Waals surface area contributed by atoms with Gasteiger partial charge in [0.15, 0.2) is 0 Å². The van der Waals surface area contributed by atoms with Crippen LogP contribution in [0.5, 0.6) is 11.5 Å². The molecule has 1 heterocycles. The highest BCUT2D eigenvalue weighted by atomic mass is 32.2. The van der Waals surface area contributed by atoms with E-state index in [4.69, 9.17) is 9.47 Å². The summed E-state index contributed by atoms with van der Waals surface area (Å²) in [5.41, 5.74) is 1.71. The van der Waals surface area contributed by atoms with Crippen LogP contribution in [0, 0.1) is 6.92 Å². The van der Waals surface area contributed by atoms with Gasteiger partial charge in [-0.3, -0.25) is 9.52 Å². The molecule has 0 atom stereocenters. The molecule has 27 heavy (non-hydrogen) atoms. The molecule has 0 saturated carbocycles. The SMILES string of the molecule is COc1ccc(C)cc1NS(=O)(=O)c1ccc(OC)c(N2CCCC2=O)c1. The van der Waals surface area contributed by atoms with Gasteiger partial charge in [0.1, 0.15) is 11.5 Å². The van der Waals surface area contributed by atoms with Crippen LogP contribution in [0.15, 0.2) is 41.3 Å². The molecule has 3 rings (SSSR count). The molecule has 0 aromatic heterocycles. The Morgan fingerprint density at radius 3 is 2.37 bits per heavy atom. The van der Waals surface area contributed by atoms with Gasteiger partial charge in [0.2, 0.25) is 5.91 Å². The molecule has 1 fully saturated rings. The fourth-order valence-corrected chi connectivity index (χ4v) is 4.14. The zero-order chi connectivity index (χ0) is 19.6. The second kappa shape index (κ2) is 7.48. The van der Waals surface area contributed by atoms with Crippen molar-refractivity contribution in [3.05, 3.63) is 42.0 Å². The lowest BCUT2D eigenvalue weighted by molar-refractivity contribution is -0.117. The molecule has 0 spiro atoms.